The van der Waals surface area contributed by atoms with Crippen molar-refractivity contribution in [2.45, 2.75) is 16.7 Å². The monoisotopic (exact) mass is 577 g/mol. The highest BCUT2D eigenvalue weighted by molar-refractivity contribution is 9.11. The van der Waals surface area contributed by atoms with Gasteiger partial charge in [-0.1, -0.05) is 54.2 Å². The van der Waals surface area contributed by atoms with E-state index >= 15 is 0 Å². The van der Waals surface area contributed by atoms with Crippen molar-refractivity contribution >= 4 is 66.6 Å². The zero-order chi connectivity index (χ0) is 23.1. The molecule has 162 valence electrons. The van der Waals surface area contributed by atoms with Gasteiger partial charge in [0.2, 0.25) is 0 Å². The summed E-state index contributed by atoms with van der Waals surface area (Å²) in [6.07, 6.45) is 0. The van der Waals surface area contributed by atoms with Gasteiger partial charge in [-0.05, 0) is 80.7 Å². The van der Waals surface area contributed by atoms with Crippen molar-refractivity contribution in [1.29, 1.82) is 0 Å². The summed E-state index contributed by atoms with van der Waals surface area (Å²) in [7, 11) is 0. The van der Waals surface area contributed by atoms with Crippen molar-refractivity contribution in [1.82, 2.24) is 0 Å². The number of benzene rings is 4. The van der Waals surface area contributed by atoms with Crippen LogP contribution in [0.25, 0.3) is 0 Å². The molecule has 0 unspecified atom stereocenters. The number of carbonyl (C=O) groups is 2. The minimum atomic E-state index is -0.155. The predicted octanol–water partition coefficient (Wildman–Crippen LogP) is 8.19. The van der Waals surface area contributed by atoms with Gasteiger partial charge in [-0.3, -0.25) is 9.59 Å². The molecule has 0 saturated heterocycles. The minimum Gasteiger partial charge on any atom is -0.353 e. The van der Waals surface area contributed by atoms with Crippen LogP contribution in [0, 0.1) is 6.92 Å². The summed E-state index contributed by atoms with van der Waals surface area (Å²) in [6, 6.07) is 24.7. The van der Waals surface area contributed by atoms with Crippen LogP contribution in [0.3, 0.4) is 0 Å². The van der Waals surface area contributed by atoms with Gasteiger partial charge in [0.25, 0.3) is 0 Å². The summed E-state index contributed by atoms with van der Waals surface area (Å²) < 4.78 is 1.72. The number of nitrogens with one attached hydrogen (secondary N) is 1. The molecule has 33 heavy (non-hydrogen) atoms. The van der Waals surface area contributed by atoms with Crippen LogP contribution in [0.2, 0.25) is 0 Å². The number of ketones is 2. The highest BCUT2D eigenvalue weighted by Gasteiger charge is 2.34. The molecule has 0 atom stereocenters. The molecule has 1 aliphatic carbocycles. The second-order valence-corrected chi connectivity index (χ2v) is 10.5. The summed E-state index contributed by atoms with van der Waals surface area (Å²) in [6.45, 7) is 2.01. The second-order valence-electron chi connectivity index (χ2n) is 7.71. The van der Waals surface area contributed by atoms with Crippen molar-refractivity contribution < 1.29 is 9.59 Å². The fraction of sp³-hybridized carbons (Fsp3) is 0.0370. The Morgan fingerprint density at radius 3 is 1.94 bits per heavy atom. The van der Waals surface area contributed by atoms with Gasteiger partial charge in [-0.2, -0.15) is 0 Å². The summed E-state index contributed by atoms with van der Waals surface area (Å²) in [5.41, 5.74) is 4.21. The molecule has 0 heterocycles. The van der Waals surface area contributed by atoms with E-state index in [2.05, 4.69) is 37.2 Å². The van der Waals surface area contributed by atoms with E-state index in [1.807, 2.05) is 61.5 Å². The molecule has 3 nitrogen and oxygen atoms in total. The Balaban J connectivity index is 1.70. The van der Waals surface area contributed by atoms with Crippen LogP contribution in [0.15, 0.2) is 97.6 Å². The molecule has 0 saturated carbocycles. The van der Waals surface area contributed by atoms with Gasteiger partial charge in [0.15, 0.2) is 11.6 Å². The van der Waals surface area contributed by atoms with Gasteiger partial charge in [0.05, 0.1) is 16.9 Å². The van der Waals surface area contributed by atoms with E-state index in [1.54, 1.807) is 24.3 Å². The third-order valence-electron chi connectivity index (χ3n) is 5.45. The molecule has 0 spiro atoms. The third-order valence-corrected chi connectivity index (χ3v) is 7.77. The average Bonchev–Trinajstić information content (AvgIpc) is 2.81. The van der Waals surface area contributed by atoms with Gasteiger partial charge in [-0.25, -0.2) is 0 Å². The first-order chi connectivity index (χ1) is 15.9. The van der Waals surface area contributed by atoms with E-state index in [9.17, 15) is 9.59 Å². The molecular weight excluding hydrogens is 562 g/mol. The van der Waals surface area contributed by atoms with Crippen LogP contribution in [-0.2, 0) is 0 Å². The summed E-state index contributed by atoms with van der Waals surface area (Å²) >= 11 is 8.72. The fourth-order valence-corrected chi connectivity index (χ4v) is 6.55. The number of halogens is 2. The van der Waals surface area contributed by atoms with Crippen molar-refractivity contribution in [3.05, 3.63) is 116 Å². The van der Waals surface area contributed by atoms with E-state index < -0.39 is 0 Å². The topological polar surface area (TPSA) is 46.2 Å². The molecule has 6 heteroatoms. The fourth-order valence-electron chi connectivity index (χ4n) is 3.95. The van der Waals surface area contributed by atoms with Crippen LogP contribution in [0.5, 0.6) is 0 Å². The highest BCUT2D eigenvalue weighted by Crippen LogP contribution is 2.42. The van der Waals surface area contributed by atoms with Crippen molar-refractivity contribution in [2.24, 2.45) is 0 Å². The first kappa shape index (κ1) is 22.1. The van der Waals surface area contributed by atoms with Gasteiger partial charge < -0.3 is 5.32 Å². The molecule has 5 rings (SSSR count). The maximum atomic E-state index is 13.7. The van der Waals surface area contributed by atoms with E-state index in [-0.39, 0.29) is 11.6 Å². The lowest BCUT2D eigenvalue weighted by Gasteiger charge is -2.24. The minimum absolute atomic E-state index is 0.135. The van der Waals surface area contributed by atoms with Gasteiger partial charge in [0.1, 0.15) is 0 Å². The molecule has 0 radical (unpaired) electrons. The summed E-state index contributed by atoms with van der Waals surface area (Å²) in [5.74, 6) is -0.290. The summed E-state index contributed by atoms with van der Waals surface area (Å²) in [5, 5.41) is 3.39. The van der Waals surface area contributed by atoms with Crippen molar-refractivity contribution in [2.75, 3.05) is 5.32 Å². The number of hydrogen-bond acceptors (Lipinski definition) is 4. The smallest absolute Gasteiger partial charge is 0.196 e. The van der Waals surface area contributed by atoms with Gasteiger partial charge in [0, 0.05) is 35.4 Å². The lowest BCUT2D eigenvalue weighted by molar-refractivity contribution is 0.0977. The Morgan fingerprint density at radius 2 is 1.30 bits per heavy atom. The maximum Gasteiger partial charge on any atom is 0.196 e. The Labute approximate surface area is 212 Å². The number of hydrogen-bond donors (Lipinski definition) is 1. The van der Waals surface area contributed by atoms with Crippen LogP contribution < -0.4 is 5.32 Å². The van der Waals surface area contributed by atoms with Crippen LogP contribution in [0.1, 0.15) is 37.4 Å². The molecular formula is C27H17Br2NO2S. The predicted molar refractivity (Wildman–Crippen MR) is 140 cm³/mol. The lowest BCUT2D eigenvalue weighted by Crippen LogP contribution is -2.23. The van der Waals surface area contributed by atoms with Crippen LogP contribution in [-0.4, -0.2) is 11.6 Å². The van der Waals surface area contributed by atoms with Crippen LogP contribution in [0.4, 0.5) is 11.4 Å². The number of anilines is 2. The van der Waals surface area contributed by atoms with Crippen LogP contribution >= 0.6 is 43.6 Å². The average molecular weight is 579 g/mol. The molecule has 0 bridgehead atoms. The van der Waals surface area contributed by atoms with E-state index in [0.717, 1.165) is 30.0 Å². The quantitative estimate of drug-likeness (QED) is 0.233. The molecule has 0 amide bonds. The number of rotatable bonds is 4. The Bertz CT molecular complexity index is 1410. The third kappa shape index (κ3) is 4.07. The normalized spacial score (nSPS) is 12.3. The number of fused-ring (bicyclic) bond motifs is 2. The Morgan fingerprint density at radius 1 is 0.727 bits per heavy atom. The zero-order valence-electron chi connectivity index (χ0n) is 17.5. The SMILES string of the molecule is Cc1cc(Br)c(Nc2ccc(Sc3ccccc3)c3c2C(=O)c2ccccc2C3=O)c(Br)c1. The molecule has 0 aromatic heterocycles. The molecule has 0 fully saturated rings. The van der Waals surface area contributed by atoms with Gasteiger partial charge in [-0.15, -0.1) is 0 Å². The zero-order valence-corrected chi connectivity index (χ0v) is 21.5. The summed E-state index contributed by atoms with van der Waals surface area (Å²) in [4.78, 5) is 29.1. The van der Waals surface area contributed by atoms with Crippen molar-refractivity contribution in [3.63, 3.8) is 0 Å². The number of carbonyl (C=O) groups excluding carboxylic acids is 2. The maximum absolute atomic E-state index is 13.7. The molecule has 0 aliphatic heterocycles. The Hall–Kier alpha value is -2.67. The molecule has 1 N–H and O–H groups in total. The van der Waals surface area contributed by atoms with Crippen molar-refractivity contribution in [3.8, 4) is 0 Å². The first-order valence-corrected chi connectivity index (χ1v) is 12.7. The molecule has 1 aliphatic rings. The highest BCUT2D eigenvalue weighted by atomic mass is 79.9. The Kier molecular flexibility index (Phi) is 5.99. The van der Waals surface area contributed by atoms with Gasteiger partial charge >= 0.3 is 0 Å². The van der Waals surface area contributed by atoms with E-state index in [1.165, 1.54) is 11.8 Å². The molecule has 4 aromatic rings. The molecule has 4 aromatic carbocycles. The second kappa shape index (κ2) is 8.93. The largest absolute Gasteiger partial charge is 0.353 e. The first-order valence-electron chi connectivity index (χ1n) is 10.2. The standard InChI is InChI=1S/C27H17Br2NO2S/c1-15-13-19(28)25(20(29)14-15)30-21-11-12-22(33-16-7-3-2-4-8-16)24-23(21)26(31)17-9-5-6-10-18(17)27(24)32/h2-14,30H,1H3. The number of aryl methyl sites for hydroxylation is 1. The van der Waals surface area contributed by atoms with E-state index in [4.69, 9.17) is 0 Å². The lowest BCUT2D eigenvalue weighted by atomic mass is 9.83. The van der Waals surface area contributed by atoms with E-state index in [0.29, 0.717) is 27.9 Å².